The average molecular weight is 314 g/mol. The van der Waals surface area contributed by atoms with Gasteiger partial charge in [0, 0.05) is 27.9 Å². The molecule has 98 valence electrons. The van der Waals surface area contributed by atoms with Gasteiger partial charge in [-0.1, -0.05) is 42.8 Å². The zero-order chi connectivity index (χ0) is 13.9. The molecular formula is C13H16BrNO3. The summed E-state index contributed by atoms with van der Waals surface area (Å²) >= 11 is 3.21. The molecule has 0 N–H and O–H groups in total. The molecule has 4 nitrogen and oxygen atoms in total. The summed E-state index contributed by atoms with van der Waals surface area (Å²) in [5.41, 5.74) is 0.260. The Morgan fingerprint density at radius 3 is 2.50 bits per heavy atom. The number of aryl methyl sites for hydroxylation is 1. The van der Waals surface area contributed by atoms with E-state index < -0.39 is 10.3 Å². The normalized spacial score (nSPS) is 11.3. The monoisotopic (exact) mass is 313 g/mol. The molecule has 1 rings (SSSR count). The molecule has 0 aliphatic rings. The van der Waals surface area contributed by atoms with Gasteiger partial charge in [0.25, 0.3) is 5.69 Å². The SMILES string of the molecule is CC(C)(C)C(=O)CCc1ccc(Br)cc1[N+](=O)[O-]. The summed E-state index contributed by atoms with van der Waals surface area (Å²) in [7, 11) is 0. The van der Waals surface area contributed by atoms with Gasteiger partial charge < -0.3 is 0 Å². The van der Waals surface area contributed by atoms with Crippen LogP contribution in [-0.4, -0.2) is 10.7 Å². The molecule has 0 aliphatic carbocycles. The fourth-order valence-electron chi connectivity index (χ4n) is 1.54. The van der Waals surface area contributed by atoms with Crippen molar-refractivity contribution in [2.45, 2.75) is 33.6 Å². The first-order valence-electron chi connectivity index (χ1n) is 5.68. The zero-order valence-electron chi connectivity index (χ0n) is 10.7. The van der Waals surface area contributed by atoms with Crippen molar-refractivity contribution in [2.75, 3.05) is 0 Å². The van der Waals surface area contributed by atoms with Crippen molar-refractivity contribution in [3.05, 3.63) is 38.3 Å². The number of benzene rings is 1. The number of hydrogen-bond donors (Lipinski definition) is 0. The minimum absolute atomic E-state index is 0.0612. The maximum atomic E-state index is 11.8. The molecule has 18 heavy (non-hydrogen) atoms. The van der Waals surface area contributed by atoms with Crippen molar-refractivity contribution in [1.29, 1.82) is 0 Å². The topological polar surface area (TPSA) is 60.2 Å². The lowest BCUT2D eigenvalue weighted by atomic mass is 9.87. The average Bonchev–Trinajstić information content (AvgIpc) is 2.25. The third kappa shape index (κ3) is 3.91. The van der Waals surface area contributed by atoms with Crippen molar-refractivity contribution in [3.63, 3.8) is 0 Å². The molecule has 0 atom stereocenters. The Labute approximate surface area is 115 Å². The number of nitro groups is 1. The van der Waals surface area contributed by atoms with Gasteiger partial charge in [-0.15, -0.1) is 0 Å². The first-order valence-corrected chi connectivity index (χ1v) is 6.47. The minimum Gasteiger partial charge on any atom is -0.299 e. The van der Waals surface area contributed by atoms with Crippen molar-refractivity contribution < 1.29 is 9.72 Å². The first-order chi connectivity index (χ1) is 8.21. The summed E-state index contributed by atoms with van der Waals surface area (Å²) in [6, 6.07) is 4.92. The van der Waals surface area contributed by atoms with E-state index in [0.29, 0.717) is 22.9 Å². The smallest absolute Gasteiger partial charge is 0.273 e. The number of ketones is 1. The predicted molar refractivity (Wildman–Crippen MR) is 73.6 cm³/mol. The molecule has 0 aromatic heterocycles. The van der Waals surface area contributed by atoms with E-state index in [9.17, 15) is 14.9 Å². The quantitative estimate of drug-likeness (QED) is 0.625. The number of nitro benzene ring substituents is 1. The summed E-state index contributed by atoms with van der Waals surface area (Å²) in [5.74, 6) is 0.111. The Kier molecular flexibility index (Phi) is 4.62. The maximum Gasteiger partial charge on any atom is 0.273 e. The Morgan fingerprint density at radius 2 is 2.00 bits per heavy atom. The van der Waals surface area contributed by atoms with Crippen LogP contribution in [0, 0.1) is 15.5 Å². The van der Waals surface area contributed by atoms with Crippen LogP contribution in [-0.2, 0) is 11.2 Å². The molecule has 0 aliphatic heterocycles. The van der Waals surface area contributed by atoms with Crippen LogP contribution in [0.2, 0.25) is 0 Å². The van der Waals surface area contributed by atoms with Crippen LogP contribution in [0.1, 0.15) is 32.8 Å². The molecule has 1 aromatic rings. The molecule has 0 bridgehead atoms. The van der Waals surface area contributed by atoms with Gasteiger partial charge in [0.1, 0.15) is 5.78 Å². The second-order valence-corrected chi connectivity index (χ2v) is 6.12. The molecule has 0 radical (unpaired) electrons. The molecule has 0 heterocycles. The number of hydrogen-bond acceptors (Lipinski definition) is 3. The van der Waals surface area contributed by atoms with Gasteiger partial charge in [-0.25, -0.2) is 0 Å². The van der Waals surface area contributed by atoms with Gasteiger partial charge in [0.2, 0.25) is 0 Å². The van der Waals surface area contributed by atoms with Gasteiger partial charge in [-0.2, -0.15) is 0 Å². The van der Waals surface area contributed by atoms with E-state index in [4.69, 9.17) is 0 Å². The highest BCUT2D eigenvalue weighted by Gasteiger charge is 2.22. The largest absolute Gasteiger partial charge is 0.299 e. The highest BCUT2D eigenvalue weighted by atomic mass is 79.9. The molecule has 0 unspecified atom stereocenters. The second-order valence-electron chi connectivity index (χ2n) is 5.20. The Balaban J connectivity index is 2.86. The van der Waals surface area contributed by atoms with E-state index in [2.05, 4.69) is 15.9 Å². The molecule has 0 spiro atoms. The lowest BCUT2D eigenvalue weighted by Gasteiger charge is -2.16. The number of Topliss-reactive ketones (excluding diaryl/α,β-unsaturated/α-hetero) is 1. The van der Waals surface area contributed by atoms with Crippen molar-refractivity contribution in [3.8, 4) is 0 Å². The molecule has 0 amide bonds. The fourth-order valence-corrected chi connectivity index (χ4v) is 1.89. The van der Waals surface area contributed by atoms with E-state index in [-0.39, 0.29) is 11.5 Å². The number of halogens is 1. The predicted octanol–water partition coefficient (Wildman–Crippen LogP) is 3.91. The number of rotatable bonds is 4. The van der Waals surface area contributed by atoms with E-state index >= 15 is 0 Å². The molecule has 1 aromatic carbocycles. The highest BCUT2D eigenvalue weighted by molar-refractivity contribution is 9.10. The van der Waals surface area contributed by atoms with Crippen molar-refractivity contribution >= 4 is 27.4 Å². The van der Waals surface area contributed by atoms with Gasteiger partial charge in [0.15, 0.2) is 0 Å². The second kappa shape index (κ2) is 5.61. The van der Waals surface area contributed by atoms with Gasteiger partial charge in [-0.05, 0) is 12.5 Å². The van der Waals surface area contributed by atoms with Crippen LogP contribution >= 0.6 is 15.9 Å². The Hall–Kier alpha value is -1.23. The highest BCUT2D eigenvalue weighted by Crippen LogP contribution is 2.26. The fraction of sp³-hybridized carbons (Fsp3) is 0.462. The first kappa shape index (κ1) is 14.8. The number of carbonyl (C=O) groups is 1. The molecule has 0 fully saturated rings. The van der Waals surface area contributed by atoms with Crippen LogP contribution in [0.5, 0.6) is 0 Å². The van der Waals surface area contributed by atoms with E-state index in [0.717, 1.165) is 0 Å². The van der Waals surface area contributed by atoms with Crippen LogP contribution < -0.4 is 0 Å². The lowest BCUT2D eigenvalue weighted by molar-refractivity contribution is -0.385. The van der Waals surface area contributed by atoms with E-state index in [1.807, 2.05) is 20.8 Å². The summed E-state index contributed by atoms with van der Waals surface area (Å²) in [6.07, 6.45) is 0.728. The van der Waals surface area contributed by atoms with E-state index in [1.54, 1.807) is 12.1 Å². The van der Waals surface area contributed by atoms with Gasteiger partial charge >= 0.3 is 0 Å². The molecule has 0 saturated carbocycles. The maximum absolute atomic E-state index is 11.8. The minimum atomic E-state index is -0.415. The standard InChI is InChI=1S/C13H16BrNO3/c1-13(2,3)12(16)7-5-9-4-6-10(14)8-11(9)15(17)18/h4,6,8H,5,7H2,1-3H3. The molecular weight excluding hydrogens is 298 g/mol. The van der Waals surface area contributed by atoms with Crippen molar-refractivity contribution in [2.24, 2.45) is 5.41 Å². The number of carbonyl (C=O) groups excluding carboxylic acids is 1. The van der Waals surface area contributed by atoms with Crippen LogP contribution in [0.15, 0.2) is 22.7 Å². The summed E-state index contributed by atoms with van der Waals surface area (Å²) in [5, 5.41) is 10.9. The molecule has 0 saturated heterocycles. The lowest BCUT2D eigenvalue weighted by Crippen LogP contribution is -2.20. The third-order valence-corrected chi connectivity index (χ3v) is 3.20. The Morgan fingerprint density at radius 1 is 1.39 bits per heavy atom. The summed E-state index contributed by atoms with van der Waals surface area (Å²) in [4.78, 5) is 22.3. The van der Waals surface area contributed by atoms with Crippen LogP contribution in [0.3, 0.4) is 0 Å². The van der Waals surface area contributed by atoms with Gasteiger partial charge in [0.05, 0.1) is 4.92 Å². The summed E-state index contributed by atoms with van der Waals surface area (Å²) in [6.45, 7) is 5.56. The number of nitrogens with zero attached hydrogens (tertiary/aromatic N) is 1. The van der Waals surface area contributed by atoms with E-state index in [1.165, 1.54) is 6.07 Å². The van der Waals surface area contributed by atoms with Crippen LogP contribution in [0.25, 0.3) is 0 Å². The van der Waals surface area contributed by atoms with Gasteiger partial charge in [-0.3, -0.25) is 14.9 Å². The zero-order valence-corrected chi connectivity index (χ0v) is 12.3. The third-order valence-electron chi connectivity index (χ3n) is 2.70. The van der Waals surface area contributed by atoms with Crippen LogP contribution in [0.4, 0.5) is 5.69 Å². The molecule has 5 heteroatoms. The van der Waals surface area contributed by atoms with Crippen molar-refractivity contribution in [1.82, 2.24) is 0 Å². The Bertz CT molecular complexity index is 478. The summed E-state index contributed by atoms with van der Waals surface area (Å²) < 4.78 is 0.667.